The molecule has 98 valence electrons. The summed E-state index contributed by atoms with van der Waals surface area (Å²) in [4.78, 5) is 14.5. The Kier molecular flexibility index (Phi) is 4.37. The van der Waals surface area contributed by atoms with E-state index in [0.29, 0.717) is 12.5 Å². The lowest BCUT2D eigenvalue weighted by atomic mass is 9.98. The fraction of sp³-hybridized carbons (Fsp3) is 0.533. The predicted octanol–water partition coefficient (Wildman–Crippen LogP) is 2.06. The molecule has 2 N–H and O–H groups in total. The van der Waals surface area contributed by atoms with E-state index in [1.807, 2.05) is 29.2 Å². The predicted molar refractivity (Wildman–Crippen MR) is 73.5 cm³/mol. The van der Waals surface area contributed by atoms with E-state index in [1.54, 1.807) is 0 Å². The van der Waals surface area contributed by atoms with Crippen LogP contribution in [-0.2, 0) is 6.42 Å². The molecule has 1 aliphatic heterocycles. The number of nitrogens with two attached hydrogens (primary N) is 1. The average molecular weight is 246 g/mol. The summed E-state index contributed by atoms with van der Waals surface area (Å²) in [6, 6.07) is 7.83. The van der Waals surface area contributed by atoms with Crippen LogP contribution in [0.4, 0.5) is 0 Å². The standard InChI is InChI=1S/C15H22N2O/c1-12-5-4-10-17(11-12)15(18)14-7-3-2-6-13(14)8-9-16/h2-3,6-7,12H,4-5,8-11,16H2,1H3. The van der Waals surface area contributed by atoms with Gasteiger partial charge in [0.15, 0.2) is 0 Å². The van der Waals surface area contributed by atoms with E-state index in [9.17, 15) is 4.79 Å². The summed E-state index contributed by atoms with van der Waals surface area (Å²) in [5, 5.41) is 0. The molecule has 3 nitrogen and oxygen atoms in total. The molecule has 0 radical (unpaired) electrons. The number of carbonyl (C=O) groups excluding carboxylic acids is 1. The normalized spacial score (nSPS) is 19.9. The molecule has 1 fully saturated rings. The fourth-order valence-electron chi connectivity index (χ4n) is 2.65. The van der Waals surface area contributed by atoms with Crippen molar-refractivity contribution in [2.75, 3.05) is 19.6 Å². The minimum Gasteiger partial charge on any atom is -0.338 e. The van der Waals surface area contributed by atoms with Crippen molar-refractivity contribution in [3.8, 4) is 0 Å². The quantitative estimate of drug-likeness (QED) is 0.887. The monoisotopic (exact) mass is 246 g/mol. The molecule has 0 saturated carbocycles. The van der Waals surface area contributed by atoms with Gasteiger partial charge in [0.1, 0.15) is 0 Å². The van der Waals surface area contributed by atoms with Crippen molar-refractivity contribution in [1.29, 1.82) is 0 Å². The molecule has 0 spiro atoms. The highest BCUT2D eigenvalue weighted by atomic mass is 16.2. The van der Waals surface area contributed by atoms with Crippen LogP contribution in [0.5, 0.6) is 0 Å². The molecule has 1 unspecified atom stereocenters. The maximum absolute atomic E-state index is 12.5. The number of hydrogen-bond acceptors (Lipinski definition) is 2. The van der Waals surface area contributed by atoms with Crippen molar-refractivity contribution in [1.82, 2.24) is 4.90 Å². The molecule has 0 aliphatic carbocycles. The minimum atomic E-state index is 0.172. The van der Waals surface area contributed by atoms with Crippen LogP contribution in [-0.4, -0.2) is 30.4 Å². The van der Waals surface area contributed by atoms with Crippen molar-refractivity contribution in [2.45, 2.75) is 26.2 Å². The lowest BCUT2D eigenvalue weighted by Crippen LogP contribution is -2.39. The van der Waals surface area contributed by atoms with E-state index >= 15 is 0 Å². The van der Waals surface area contributed by atoms with Crippen LogP contribution in [0.25, 0.3) is 0 Å². The first-order chi connectivity index (χ1) is 8.72. The first kappa shape index (κ1) is 13.1. The van der Waals surface area contributed by atoms with E-state index in [2.05, 4.69) is 6.92 Å². The van der Waals surface area contributed by atoms with Crippen LogP contribution >= 0.6 is 0 Å². The topological polar surface area (TPSA) is 46.3 Å². The van der Waals surface area contributed by atoms with Crippen LogP contribution in [0.3, 0.4) is 0 Å². The van der Waals surface area contributed by atoms with Gasteiger partial charge in [0.25, 0.3) is 5.91 Å². The third-order valence-electron chi connectivity index (χ3n) is 3.61. The van der Waals surface area contributed by atoms with Gasteiger partial charge in [-0.1, -0.05) is 25.1 Å². The zero-order chi connectivity index (χ0) is 13.0. The van der Waals surface area contributed by atoms with E-state index < -0.39 is 0 Å². The zero-order valence-corrected chi connectivity index (χ0v) is 11.1. The molecule has 3 heteroatoms. The van der Waals surface area contributed by atoms with Gasteiger partial charge in [-0.15, -0.1) is 0 Å². The third-order valence-corrected chi connectivity index (χ3v) is 3.61. The Morgan fingerprint density at radius 1 is 1.44 bits per heavy atom. The number of rotatable bonds is 3. The maximum Gasteiger partial charge on any atom is 0.254 e. The molecule has 1 saturated heterocycles. The first-order valence-corrected chi connectivity index (χ1v) is 6.79. The number of carbonyl (C=O) groups is 1. The highest BCUT2D eigenvalue weighted by Gasteiger charge is 2.23. The number of likely N-dealkylation sites (tertiary alicyclic amines) is 1. The van der Waals surface area contributed by atoms with Crippen LogP contribution in [0.2, 0.25) is 0 Å². The molecule has 1 aromatic rings. The van der Waals surface area contributed by atoms with E-state index in [4.69, 9.17) is 5.73 Å². The van der Waals surface area contributed by atoms with Gasteiger partial charge in [-0.3, -0.25) is 4.79 Å². The highest BCUT2D eigenvalue weighted by molar-refractivity contribution is 5.95. The molecule has 0 aromatic heterocycles. The Labute approximate surface area is 109 Å². The van der Waals surface area contributed by atoms with Gasteiger partial charge in [-0.2, -0.15) is 0 Å². The van der Waals surface area contributed by atoms with Gasteiger partial charge in [0.05, 0.1) is 0 Å². The molecular formula is C15H22N2O. The van der Waals surface area contributed by atoms with Crippen molar-refractivity contribution < 1.29 is 4.79 Å². The number of benzene rings is 1. The van der Waals surface area contributed by atoms with E-state index in [1.165, 1.54) is 6.42 Å². The highest BCUT2D eigenvalue weighted by Crippen LogP contribution is 2.19. The summed E-state index contributed by atoms with van der Waals surface area (Å²) < 4.78 is 0. The molecule has 1 aromatic carbocycles. The van der Waals surface area contributed by atoms with Crippen LogP contribution < -0.4 is 5.73 Å². The summed E-state index contributed by atoms with van der Waals surface area (Å²) in [7, 11) is 0. The Morgan fingerprint density at radius 3 is 2.94 bits per heavy atom. The van der Waals surface area contributed by atoms with Crippen LogP contribution in [0.15, 0.2) is 24.3 Å². The molecule has 1 heterocycles. The molecule has 1 aliphatic rings. The second-order valence-electron chi connectivity index (χ2n) is 5.19. The first-order valence-electron chi connectivity index (χ1n) is 6.79. The fourth-order valence-corrected chi connectivity index (χ4v) is 2.65. The summed E-state index contributed by atoms with van der Waals surface area (Å²) in [6.45, 7) is 4.57. The van der Waals surface area contributed by atoms with E-state index in [-0.39, 0.29) is 5.91 Å². The lowest BCUT2D eigenvalue weighted by Gasteiger charge is -2.31. The zero-order valence-electron chi connectivity index (χ0n) is 11.1. The van der Waals surface area contributed by atoms with Crippen LogP contribution in [0.1, 0.15) is 35.7 Å². The van der Waals surface area contributed by atoms with Gasteiger partial charge < -0.3 is 10.6 Å². The molecule has 2 rings (SSSR count). The third kappa shape index (κ3) is 2.91. The summed E-state index contributed by atoms with van der Waals surface area (Å²) in [5.74, 6) is 0.787. The smallest absolute Gasteiger partial charge is 0.254 e. The van der Waals surface area contributed by atoms with Gasteiger partial charge >= 0.3 is 0 Å². The van der Waals surface area contributed by atoms with Crippen molar-refractivity contribution in [3.63, 3.8) is 0 Å². The second-order valence-corrected chi connectivity index (χ2v) is 5.19. The van der Waals surface area contributed by atoms with Crippen molar-refractivity contribution in [3.05, 3.63) is 35.4 Å². The summed E-state index contributed by atoms with van der Waals surface area (Å²) in [6.07, 6.45) is 3.12. The Morgan fingerprint density at radius 2 is 2.22 bits per heavy atom. The number of piperidine rings is 1. The molecule has 1 amide bonds. The van der Waals surface area contributed by atoms with E-state index in [0.717, 1.165) is 37.1 Å². The lowest BCUT2D eigenvalue weighted by molar-refractivity contribution is 0.0682. The maximum atomic E-state index is 12.5. The van der Waals surface area contributed by atoms with Crippen LogP contribution in [0, 0.1) is 5.92 Å². The van der Waals surface area contributed by atoms with Gasteiger partial charge in [-0.05, 0) is 43.4 Å². The summed E-state index contributed by atoms with van der Waals surface area (Å²) in [5.41, 5.74) is 7.51. The molecule has 18 heavy (non-hydrogen) atoms. The number of hydrogen-bond donors (Lipinski definition) is 1. The largest absolute Gasteiger partial charge is 0.338 e. The summed E-state index contributed by atoms with van der Waals surface area (Å²) >= 11 is 0. The average Bonchev–Trinajstić information content (AvgIpc) is 2.39. The van der Waals surface area contributed by atoms with Crippen molar-refractivity contribution >= 4 is 5.91 Å². The Balaban J connectivity index is 2.17. The van der Waals surface area contributed by atoms with Gasteiger partial charge in [0.2, 0.25) is 0 Å². The van der Waals surface area contributed by atoms with Gasteiger partial charge in [0, 0.05) is 18.7 Å². The number of amides is 1. The number of nitrogens with zero attached hydrogens (tertiary/aromatic N) is 1. The molecule has 1 atom stereocenters. The molecule has 0 bridgehead atoms. The SMILES string of the molecule is CC1CCCN(C(=O)c2ccccc2CCN)C1. The second kappa shape index (κ2) is 6.01. The van der Waals surface area contributed by atoms with Crippen molar-refractivity contribution in [2.24, 2.45) is 11.7 Å². The minimum absolute atomic E-state index is 0.172. The Bertz CT molecular complexity index is 417. The molecular weight excluding hydrogens is 224 g/mol. The Hall–Kier alpha value is -1.35. The van der Waals surface area contributed by atoms with Gasteiger partial charge in [-0.25, -0.2) is 0 Å².